The summed E-state index contributed by atoms with van der Waals surface area (Å²) in [4.78, 5) is 13.1. The Kier molecular flexibility index (Phi) is 4.94. The highest BCUT2D eigenvalue weighted by molar-refractivity contribution is 6.30. The molecule has 0 aliphatic heterocycles. The van der Waals surface area contributed by atoms with Crippen molar-refractivity contribution < 1.29 is 14.3 Å². The van der Waals surface area contributed by atoms with E-state index in [9.17, 15) is 9.18 Å². The number of rotatable bonds is 5. The lowest BCUT2D eigenvalue weighted by Gasteiger charge is -2.18. The first kappa shape index (κ1) is 15.5. The summed E-state index contributed by atoms with van der Waals surface area (Å²) in [5, 5.41) is 9.80. The lowest BCUT2D eigenvalue weighted by Crippen LogP contribution is -2.19. The molecule has 2 rings (SSSR count). The fourth-order valence-corrected chi connectivity index (χ4v) is 2.28. The van der Waals surface area contributed by atoms with E-state index >= 15 is 0 Å². The molecule has 0 aliphatic rings. The van der Waals surface area contributed by atoms with Gasteiger partial charge in [0.2, 0.25) is 0 Å². The zero-order valence-electron chi connectivity index (χ0n) is 11.5. The molecule has 0 spiro atoms. The predicted molar refractivity (Wildman–Crippen MR) is 80.0 cm³/mol. The summed E-state index contributed by atoms with van der Waals surface area (Å²) >= 11 is 5.83. The standard InChI is InChI=1S/C16H15ClFNO2/c1-19(9-11-2-4-13(17)5-3-11)10-12-8-14(18)6-7-15(12)16(20)21/h2-8H,9-10H2,1H3,(H,20,21). The molecule has 5 heteroatoms. The van der Waals surface area contributed by atoms with E-state index in [4.69, 9.17) is 16.7 Å². The van der Waals surface area contributed by atoms with Crippen molar-refractivity contribution in [2.45, 2.75) is 13.1 Å². The van der Waals surface area contributed by atoms with Gasteiger partial charge in [-0.2, -0.15) is 0 Å². The maximum absolute atomic E-state index is 13.3. The highest BCUT2D eigenvalue weighted by Gasteiger charge is 2.13. The molecule has 0 heterocycles. The topological polar surface area (TPSA) is 40.5 Å². The summed E-state index contributed by atoms with van der Waals surface area (Å²) in [5.41, 5.74) is 1.63. The quantitative estimate of drug-likeness (QED) is 0.913. The van der Waals surface area contributed by atoms with Gasteiger partial charge in [-0.1, -0.05) is 23.7 Å². The second-order valence-electron chi connectivity index (χ2n) is 4.91. The first-order valence-corrected chi connectivity index (χ1v) is 6.78. The number of hydrogen-bond acceptors (Lipinski definition) is 2. The fraction of sp³-hybridized carbons (Fsp3) is 0.188. The van der Waals surface area contributed by atoms with Crippen molar-refractivity contribution in [3.8, 4) is 0 Å². The van der Waals surface area contributed by atoms with Crippen molar-refractivity contribution in [1.82, 2.24) is 4.90 Å². The SMILES string of the molecule is CN(Cc1ccc(Cl)cc1)Cc1cc(F)ccc1C(=O)O. The smallest absolute Gasteiger partial charge is 0.336 e. The molecular weight excluding hydrogens is 293 g/mol. The molecule has 21 heavy (non-hydrogen) atoms. The minimum Gasteiger partial charge on any atom is -0.478 e. The molecule has 2 aromatic rings. The number of carbonyl (C=O) groups is 1. The average Bonchev–Trinajstić information content (AvgIpc) is 2.41. The third-order valence-corrected chi connectivity index (χ3v) is 3.36. The molecule has 0 radical (unpaired) electrons. The van der Waals surface area contributed by atoms with Gasteiger partial charge in [-0.25, -0.2) is 9.18 Å². The molecule has 0 aromatic heterocycles. The van der Waals surface area contributed by atoms with Gasteiger partial charge in [-0.05, 0) is 48.5 Å². The van der Waals surface area contributed by atoms with Gasteiger partial charge in [-0.3, -0.25) is 4.90 Å². The van der Waals surface area contributed by atoms with Crippen molar-refractivity contribution in [3.05, 3.63) is 70.0 Å². The Morgan fingerprint density at radius 1 is 1.19 bits per heavy atom. The Balaban J connectivity index is 2.12. The molecule has 0 saturated heterocycles. The molecule has 1 N–H and O–H groups in total. The maximum Gasteiger partial charge on any atom is 0.336 e. The predicted octanol–water partition coefficient (Wildman–Crippen LogP) is 3.81. The van der Waals surface area contributed by atoms with Gasteiger partial charge >= 0.3 is 5.97 Å². The zero-order chi connectivity index (χ0) is 15.4. The van der Waals surface area contributed by atoms with E-state index in [0.29, 0.717) is 23.7 Å². The zero-order valence-corrected chi connectivity index (χ0v) is 12.3. The van der Waals surface area contributed by atoms with E-state index in [1.165, 1.54) is 12.1 Å². The molecule has 0 fully saturated rings. The third kappa shape index (κ3) is 4.28. The molecule has 0 bridgehead atoms. The van der Waals surface area contributed by atoms with Crippen molar-refractivity contribution in [2.24, 2.45) is 0 Å². The largest absolute Gasteiger partial charge is 0.478 e. The summed E-state index contributed by atoms with van der Waals surface area (Å²) in [6, 6.07) is 11.1. The van der Waals surface area contributed by atoms with Crippen LogP contribution in [0.1, 0.15) is 21.5 Å². The summed E-state index contributed by atoms with van der Waals surface area (Å²) in [5.74, 6) is -1.49. The Bertz CT molecular complexity index is 643. The van der Waals surface area contributed by atoms with E-state index in [0.717, 1.165) is 11.6 Å². The molecule has 0 aliphatic carbocycles. The number of halogens is 2. The van der Waals surface area contributed by atoms with Crippen LogP contribution in [0.4, 0.5) is 4.39 Å². The molecule has 0 unspecified atom stereocenters. The van der Waals surface area contributed by atoms with Gasteiger partial charge in [0.25, 0.3) is 0 Å². The van der Waals surface area contributed by atoms with E-state index in [1.807, 2.05) is 24.1 Å². The van der Waals surface area contributed by atoms with Crippen LogP contribution in [0, 0.1) is 5.82 Å². The number of carboxylic acids is 1. The number of carboxylic acid groups (broad SMARTS) is 1. The number of benzene rings is 2. The summed E-state index contributed by atoms with van der Waals surface area (Å²) < 4.78 is 13.3. The molecule has 0 saturated carbocycles. The highest BCUT2D eigenvalue weighted by atomic mass is 35.5. The van der Waals surface area contributed by atoms with Gasteiger partial charge in [0.05, 0.1) is 5.56 Å². The Hall–Kier alpha value is -1.91. The van der Waals surface area contributed by atoms with E-state index in [1.54, 1.807) is 12.1 Å². The lowest BCUT2D eigenvalue weighted by atomic mass is 10.1. The van der Waals surface area contributed by atoms with Crippen LogP contribution in [0.25, 0.3) is 0 Å². The Morgan fingerprint density at radius 2 is 1.86 bits per heavy atom. The number of aromatic carboxylic acids is 1. The number of nitrogens with zero attached hydrogens (tertiary/aromatic N) is 1. The first-order valence-electron chi connectivity index (χ1n) is 6.40. The Morgan fingerprint density at radius 3 is 2.48 bits per heavy atom. The van der Waals surface area contributed by atoms with Crippen LogP contribution in [0.5, 0.6) is 0 Å². The van der Waals surface area contributed by atoms with Crippen LogP contribution in [0.3, 0.4) is 0 Å². The van der Waals surface area contributed by atoms with Gasteiger partial charge in [0.1, 0.15) is 5.82 Å². The van der Waals surface area contributed by atoms with Gasteiger partial charge < -0.3 is 5.11 Å². The van der Waals surface area contributed by atoms with E-state index in [2.05, 4.69) is 0 Å². The van der Waals surface area contributed by atoms with Gasteiger partial charge in [-0.15, -0.1) is 0 Å². The average molecular weight is 308 g/mol. The third-order valence-electron chi connectivity index (χ3n) is 3.10. The molecule has 0 atom stereocenters. The van der Waals surface area contributed by atoms with Crippen LogP contribution in [-0.4, -0.2) is 23.0 Å². The second kappa shape index (κ2) is 6.70. The fourth-order valence-electron chi connectivity index (χ4n) is 2.15. The molecule has 0 amide bonds. The van der Waals surface area contributed by atoms with Crippen molar-refractivity contribution >= 4 is 17.6 Å². The molecule has 3 nitrogen and oxygen atoms in total. The molecule has 2 aromatic carbocycles. The molecule has 110 valence electrons. The first-order chi connectivity index (χ1) is 9.95. The van der Waals surface area contributed by atoms with Crippen LogP contribution in [-0.2, 0) is 13.1 Å². The molecular formula is C16H15ClFNO2. The second-order valence-corrected chi connectivity index (χ2v) is 5.34. The summed E-state index contributed by atoms with van der Waals surface area (Å²) in [6.07, 6.45) is 0. The normalized spacial score (nSPS) is 10.9. The van der Waals surface area contributed by atoms with Crippen molar-refractivity contribution in [1.29, 1.82) is 0 Å². The van der Waals surface area contributed by atoms with Crippen LogP contribution < -0.4 is 0 Å². The lowest BCUT2D eigenvalue weighted by molar-refractivity contribution is 0.0694. The maximum atomic E-state index is 13.3. The van der Waals surface area contributed by atoms with Crippen LogP contribution >= 0.6 is 11.6 Å². The minimum atomic E-state index is -1.05. The van der Waals surface area contributed by atoms with Crippen molar-refractivity contribution in [3.63, 3.8) is 0 Å². The highest BCUT2D eigenvalue weighted by Crippen LogP contribution is 2.16. The monoisotopic (exact) mass is 307 g/mol. The van der Waals surface area contributed by atoms with Crippen LogP contribution in [0.15, 0.2) is 42.5 Å². The van der Waals surface area contributed by atoms with Crippen molar-refractivity contribution in [2.75, 3.05) is 7.05 Å². The van der Waals surface area contributed by atoms with E-state index in [-0.39, 0.29) is 5.56 Å². The summed E-state index contributed by atoms with van der Waals surface area (Å²) in [6.45, 7) is 0.967. The minimum absolute atomic E-state index is 0.124. The number of hydrogen-bond donors (Lipinski definition) is 1. The summed E-state index contributed by atoms with van der Waals surface area (Å²) in [7, 11) is 1.85. The Labute approximate surface area is 127 Å². The van der Waals surface area contributed by atoms with Crippen LogP contribution in [0.2, 0.25) is 5.02 Å². The van der Waals surface area contributed by atoms with Gasteiger partial charge in [0, 0.05) is 18.1 Å². The van der Waals surface area contributed by atoms with E-state index < -0.39 is 11.8 Å². The van der Waals surface area contributed by atoms with Gasteiger partial charge in [0.15, 0.2) is 0 Å².